The molecule has 0 atom stereocenters. The zero-order valence-corrected chi connectivity index (χ0v) is 15.2. The van der Waals surface area contributed by atoms with Gasteiger partial charge in [0.2, 0.25) is 5.91 Å². The van der Waals surface area contributed by atoms with Gasteiger partial charge in [-0.3, -0.25) is 4.79 Å². The molecule has 0 aliphatic rings. The van der Waals surface area contributed by atoms with Crippen molar-refractivity contribution in [2.75, 3.05) is 11.1 Å². The summed E-state index contributed by atoms with van der Waals surface area (Å²) >= 11 is 1.32. The molecule has 0 saturated carbocycles. The van der Waals surface area contributed by atoms with Crippen LogP contribution in [0.25, 0.3) is 11.4 Å². The molecule has 0 saturated heterocycles. The SMILES string of the molecule is Cc1ccccc1-c1nnc(SCC(=O)Nc2cccc(C#N)c2)n1C. The normalized spacial score (nSPS) is 10.3. The van der Waals surface area contributed by atoms with E-state index in [9.17, 15) is 4.79 Å². The van der Waals surface area contributed by atoms with Gasteiger partial charge in [0.25, 0.3) is 0 Å². The number of nitrogens with zero attached hydrogens (tertiary/aromatic N) is 4. The minimum absolute atomic E-state index is 0.162. The van der Waals surface area contributed by atoms with Crippen molar-refractivity contribution in [1.29, 1.82) is 5.26 Å². The topological polar surface area (TPSA) is 83.6 Å². The van der Waals surface area contributed by atoms with Crippen LogP contribution in [0.3, 0.4) is 0 Å². The molecule has 0 unspecified atom stereocenters. The first-order chi connectivity index (χ1) is 12.6. The predicted molar refractivity (Wildman–Crippen MR) is 102 cm³/mol. The number of anilines is 1. The van der Waals surface area contributed by atoms with Gasteiger partial charge in [0.05, 0.1) is 17.4 Å². The average Bonchev–Trinajstić information content (AvgIpc) is 3.01. The Labute approximate surface area is 155 Å². The molecule has 1 heterocycles. The number of carbonyl (C=O) groups excluding carboxylic acids is 1. The molecule has 130 valence electrons. The smallest absolute Gasteiger partial charge is 0.234 e. The van der Waals surface area contributed by atoms with Crippen LogP contribution in [0.15, 0.2) is 53.7 Å². The summed E-state index contributed by atoms with van der Waals surface area (Å²) in [5, 5.41) is 20.8. The second kappa shape index (κ2) is 7.85. The van der Waals surface area contributed by atoms with E-state index in [1.807, 2.05) is 42.8 Å². The molecular formula is C19H17N5OS. The Balaban J connectivity index is 1.66. The first-order valence-electron chi connectivity index (χ1n) is 7.96. The Kier molecular flexibility index (Phi) is 5.34. The number of benzene rings is 2. The van der Waals surface area contributed by atoms with E-state index in [1.165, 1.54) is 11.8 Å². The van der Waals surface area contributed by atoms with Gasteiger partial charge in [-0.25, -0.2) is 0 Å². The van der Waals surface area contributed by atoms with Gasteiger partial charge in [-0.2, -0.15) is 5.26 Å². The minimum atomic E-state index is -0.162. The maximum atomic E-state index is 12.2. The number of rotatable bonds is 5. The third kappa shape index (κ3) is 3.92. The molecule has 0 fully saturated rings. The Bertz CT molecular complexity index is 990. The number of aromatic nitrogens is 3. The Hall–Kier alpha value is -3.11. The van der Waals surface area contributed by atoms with Crippen LogP contribution >= 0.6 is 11.8 Å². The van der Waals surface area contributed by atoms with Crippen molar-refractivity contribution < 1.29 is 4.79 Å². The van der Waals surface area contributed by atoms with Crippen molar-refractivity contribution in [2.24, 2.45) is 7.05 Å². The quantitative estimate of drug-likeness (QED) is 0.703. The van der Waals surface area contributed by atoms with Gasteiger partial charge in [0.15, 0.2) is 11.0 Å². The largest absolute Gasteiger partial charge is 0.325 e. The number of aryl methyl sites for hydroxylation is 1. The van der Waals surface area contributed by atoms with Crippen molar-refractivity contribution in [2.45, 2.75) is 12.1 Å². The first kappa shape index (κ1) is 17.7. The fraction of sp³-hybridized carbons (Fsp3) is 0.158. The summed E-state index contributed by atoms with van der Waals surface area (Å²) in [6.45, 7) is 2.03. The van der Waals surface area contributed by atoms with Gasteiger partial charge in [-0.1, -0.05) is 42.1 Å². The van der Waals surface area contributed by atoms with Crippen molar-refractivity contribution in [3.8, 4) is 17.5 Å². The van der Waals surface area contributed by atoms with Crippen LogP contribution < -0.4 is 5.32 Å². The number of carbonyl (C=O) groups is 1. The van der Waals surface area contributed by atoms with Gasteiger partial charge < -0.3 is 9.88 Å². The van der Waals surface area contributed by atoms with Crippen LogP contribution in [-0.4, -0.2) is 26.4 Å². The second-order valence-electron chi connectivity index (χ2n) is 5.71. The molecule has 26 heavy (non-hydrogen) atoms. The van der Waals surface area contributed by atoms with Crippen LogP contribution in [0.4, 0.5) is 5.69 Å². The molecule has 1 N–H and O–H groups in total. The Morgan fingerprint density at radius 3 is 2.81 bits per heavy atom. The second-order valence-corrected chi connectivity index (χ2v) is 6.65. The van der Waals surface area contributed by atoms with Gasteiger partial charge in [-0.05, 0) is 30.7 Å². The number of nitrogens with one attached hydrogen (secondary N) is 1. The fourth-order valence-corrected chi connectivity index (χ4v) is 3.20. The number of hydrogen-bond donors (Lipinski definition) is 1. The highest BCUT2D eigenvalue weighted by molar-refractivity contribution is 7.99. The minimum Gasteiger partial charge on any atom is -0.325 e. The van der Waals surface area contributed by atoms with Crippen LogP contribution in [0, 0.1) is 18.3 Å². The van der Waals surface area contributed by atoms with E-state index in [0.29, 0.717) is 16.4 Å². The molecule has 1 amide bonds. The zero-order valence-electron chi connectivity index (χ0n) is 14.4. The lowest BCUT2D eigenvalue weighted by molar-refractivity contribution is -0.113. The highest BCUT2D eigenvalue weighted by Gasteiger charge is 2.14. The monoisotopic (exact) mass is 363 g/mol. The molecule has 6 nitrogen and oxygen atoms in total. The summed E-state index contributed by atoms with van der Waals surface area (Å²) in [6, 6.07) is 16.8. The number of thioether (sulfide) groups is 1. The molecule has 0 aliphatic carbocycles. The summed E-state index contributed by atoms with van der Waals surface area (Å²) in [7, 11) is 1.89. The number of amides is 1. The third-order valence-electron chi connectivity index (χ3n) is 3.83. The van der Waals surface area contributed by atoms with Crippen LogP contribution in [-0.2, 0) is 11.8 Å². The van der Waals surface area contributed by atoms with Crippen molar-refractivity contribution in [3.63, 3.8) is 0 Å². The van der Waals surface area contributed by atoms with E-state index in [0.717, 1.165) is 17.0 Å². The first-order valence-corrected chi connectivity index (χ1v) is 8.95. The predicted octanol–water partition coefficient (Wildman–Crippen LogP) is 3.39. The zero-order chi connectivity index (χ0) is 18.5. The third-order valence-corrected chi connectivity index (χ3v) is 4.85. The molecule has 3 aromatic rings. The van der Waals surface area contributed by atoms with Crippen molar-refractivity contribution in [3.05, 3.63) is 59.7 Å². The van der Waals surface area contributed by atoms with Crippen LogP contribution in [0.2, 0.25) is 0 Å². The number of hydrogen-bond acceptors (Lipinski definition) is 5. The van der Waals surface area contributed by atoms with Crippen LogP contribution in [0.5, 0.6) is 0 Å². The van der Waals surface area contributed by atoms with Gasteiger partial charge in [0, 0.05) is 18.3 Å². The Morgan fingerprint density at radius 1 is 1.23 bits per heavy atom. The summed E-state index contributed by atoms with van der Waals surface area (Å²) in [5.41, 5.74) is 3.25. The average molecular weight is 363 g/mol. The maximum absolute atomic E-state index is 12.2. The van der Waals surface area contributed by atoms with E-state index in [2.05, 4.69) is 21.6 Å². The molecule has 0 aliphatic heterocycles. The summed E-state index contributed by atoms with van der Waals surface area (Å²) in [4.78, 5) is 12.2. The standard InChI is InChI=1S/C19H17N5OS/c1-13-6-3-4-9-16(13)18-22-23-19(24(18)2)26-12-17(25)21-15-8-5-7-14(10-15)11-20/h3-10H,12H2,1-2H3,(H,21,25). The maximum Gasteiger partial charge on any atom is 0.234 e. The number of nitriles is 1. The van der Waals surface area contributed by atoms with E-state index < -0.39 is 0 Å². The molecule has 0 radical (unpaired) electrons. The van der Waals surface area contributed by atoms with Gasteiger partial charge >= 0.3 is 0 Å². The van der Waals surface area contributed by atoms with Crippen molar-refractivity contribution in [1.82, 2.24) is 14.8 Å². The molecule has 0 bridgehead atoms. The van der Waals surface area contributed by atoms with E-state index in [1.54, 1.807) is 24.3 Å². The lowest BCUT2D eigenvalue weighted by Gasteiger charge is -2.07. The summed E-state index contributed by atoms with van der Waals surface area (Å²) in [5.74, 6) is 0.814. The molecule has 2 aromatic carbocycles. The summed E-state index contributed by atoms with van der Waals surface area (Å²) < 4.78 is 1.89. The van der Waals surface area contributed by atoms with E-state index in [4.69, 9.17) is 5.26 Å². The van der Waals surface area contributed by atoms with E-state index >= 15 is 0 Å². The van der Waals surface area contributed by atoms with Gasteiger partial charge in [0.1, 0.15) is 0 Å². The van der Waals surface area contributed by atoms with Crippen molar-refractivity contribution >= 4 is 23.4 Å². The highest BCUT2D eigenvalue weighted by atomic mass is 32.2. The van der Waals surface area contributed by atoms with E-state index in [-0.39, 0.29) is 11.7 Å². The van der Waals surface area contributed by atoms with Crippen LogP contribution in [0.1, 0.15) is 11.1 Å². The fourth-order valence-electron chi connectivity index (χ4n) is 2.49. The molecule has 1 aromatic heterocycles. The lowest BCUT2D eigenvalue weighted by atomic mass is 10.1. The molecular weight excluding hydrogens is 346 g/mol. The molecule has 0 spiro atoms. The summed E-state index contributed by atoms with van der Waals surface area (Å²) in [6.07, 6.45) is 0. The highest BCUT2D eigenvalue weighted by Crippen LogP contribution is 2.25. The Morgan fingerprint density at radius 2 is 2.04 bits per heavy atom. The molecule has 3 rings (SSSR count). The lowest BCUT2D eigenvalue weighted by Crippen LogP contribution is -2.14. The van der Waals surface area contributed by atoms with Gasteiger partial charge in [-0.15, -0.1) is 10.2 Å². The molecule has 7 heteroatoms.